The van der Waals surface area contributed by atoms with Gasteiger partial charge < -0.3 is 15.0 Å². The second-order valence-electron chi connectivity index (χ2n) is 6.37. The Labute approximate surface area is 142 Å². The molecule has 1 atom stereocenters. The lowest BCUT2D eigenvalue weighted by Crippen LogP contribution is -2.40. The summed E-state index contributed by atoms with van der Waals surface area (Å²) in [6, 6.07) is 9.49. The third kappa shape index (κ3) is 4.01. The molecule has 6 heteroatoms. The molecule has 2 aromatic rings. The fourth-order valence-corrected chi connectivity index (χ4v) is 3.22. The van der Waals surface area contributed by atoms with Gasteiger partial charge in [0, 0.05) is 25.1 Å². The number of amides is 1. The number of nitrogens with zero attached hydrogens (tertiary/aromatic N) is 3. The molecule has 1 aromatic carbocycles. The first-order valence-corrected chi connectivity index (χ1v) is 8.36. The van der Waals surface area contributed by atoms with Gasteiger partial charge in [-0.3, -0.25) is 9.69 Å². The van der Waals surface area contributed by atoms with Gasteiger partial charge in [0.05, 0.1) is 6.54 Å². The minimum Gasteiger partial charge on any atom is -0.385 e. The highest BCUT2D eigenvalue weighted by Crippen LogP contribution is 2.29. The van der Waals surface area contributed by atoms with Crippen molar-refractivity contribution in [3.05, 3.63) is 48.5 Å². The molecule has 1 amide bonds. The van der Waals surface area contributed by atoms with Crippen LogP contribution in [0.5, 0.6) is 0 Å². The molecule has 1 aliphatic rings. The number of carbonyl (C=O) groups is 1. The predicted molar refractivity (Wildman–Crippen MR) is 92.4 cm³/mol. The zero-order valence-electron chi connectivity index (χ0n) is 13.9. The molecule has 24 heavy (non-hydrogen) atoms. The van der Waals surface area contributed by atoms with E-state index in [0.29, 0.717) is 6.54 Å². The van der Waals surface area contributed by atoms with E-state index in [2.05, 4.69) is 15.2 Å². The zero-order valence-corrected chi connectivity index (χ0v) is 13.9. The van der Waals surface area contributed by atoms with Gasteiger partial charge in [-0.05, 0) is 44.0 Å². The van der Waals surface area contributed by atoms with Gasteiger partial charge in [-0.2, -0.15) is 0 Å². The van der Waals surface area contributed by atoms with E-state index in [4.69, 9.17) is 0 Å². The molecule has 6 nitrogen and oxygen atoms in total. The number of hydrogen-bond acceptors (Lipinski definition) is 4. The minimum atomic E-state index is -0.537. The van der Waals surface area contributed by atoms with Crippen LogP contribution >= 0.6 is 0 Å². The number of nitrogens with one attached hydrogen (secondary N) is 1. The summed E-state index contributed by atoms with van der Waals surface area (Å²) >= 11 is 0. The van der Waals surface area contributed by atoms with E-state index >= 15 is 0 Å². The quantitative estimate of drug-likeness (QED) is 0.878. The average Bonchev–Trinajstić information content (AvgIpc) is 3.02. The minimum absolute atomic E-state index is 0.00398. The molecule has 1 aliphatic heterocycles. The standard InChI is InChI=1S/C18H24N4O2/c1-21-12-9-19-18(21)17(24)14-7-10-22(11-8-14)13-16(23)20-15-5-3-2-4-6-15/h2-6,9,12,14,17,24H,7-8,10-11,13H2,1H3,(H,20,23). The number of anilines is 1. The summed E-state index contributed by atoms with van der Waals surface area (Å²) in [6.07, 6.45) is 4.76. The van der Waals surface area contributed by atoms with Gasteiger partial charge in [0.25, 0.3) is 0 Å². The van der Waals surface area contributed by atoms with Crippen molar-refractivity contribution < 1.29 is 9.90 Å². The Morgan fingerprint density at radius 3 is 2.67 bits per heavy atom. The number of benzene rings is 1. The first kappa shape index (κ1) is 16.7. The van der Waals surface area contributed by atoms with E-state index in [1.54, 1.807) is 6.20 Å². The summed E-state index contributed by atoms with van der Waals surface area (Å²) in [5, 5.41) is 13.4. The number of aliphatic hydroxyl groups excluding tert-OH is 1. The average molecular weight is 328 g/mol. The van der Waals surface area contributed by atoms with Crippen LogP contribution in [0.15, 0.2) is 42.7 Å². The Kier molecular flexibility index (Phi) is 5.27. The topological polar surface area (TPSA) is 70.4 Å². The van der Waals surface area contributed by atoms with Crippen molar-refractivity contribution in [2.24, 2.45) is 13.0 Å². The number of para-hydroxylation sites is 1. The fraction of sp³-hybridized carbons (Fsp3) is 0.444. The number of aliphatic hydroxyl groups is 1. The summed E-state index contributed by atoms with van der Waals surface area (Å²) < 4.78 is 1.87. The molecular formula is C18H24N4O2. The maximum atomic E-state index is 12.1. The van der Waals surface area contributed by atoms with Crippen molar-refractivity contribution in [2.45, 2.75) is 18.9 Å². The maximum Gasteiger partial charge on any atom is 0.238 e. The molecule has 1 fully saturated rings. The van der Waals surface area contributed by atoms with Crippen molar-refractivity contribution in [1.82, 2.24) is 14.5 Å². The van der Waals surface area contributed by atoms with Crippen LogP contribution in [0.4, 0.5) is 5.69 Å². The van der Waals surface area contributed by atoms with Crippen molar-refractivity contribution in [2.75, 3.05) is 25.0 Å². The van der Waals surface area contributed by atoms with Crippen LogP contribution in [0.2, 0.25) is 0 Å². The van der Waals surface area contributed by atoms with Crippen molar-refractivity contribution in [3.8, 4) is 0 Å². The van der Waals surface area contributed by atoms with Gasteiger partial charge in [-0.25, -0.2) is 4.98 Å². The van der Waals surface area contributed by atoms with Gasteiger partial charge in [0.2, 0.25) is 5.91 Å². The number of carbonyl (C=O) groups excluding carboxylic acids is 1. The Morgan fingerprint density at radius 2 is 2.04 bits per heavy atom. The molecule has 1 saturated heterocycles. The van der Waals surface area contributed by atoms with E-state index in [1.165, 1.54) is 0 Å². The first-order chi connectivity index (χ1) is 11.6. The lowest BCUT2D eigenvalue weighted by molar-refractivity contribution is -0.117. The second-order valence-corrected chi connectivity index (χ2v) is 6.37. The van der Waals surface area contributed by atoms with Gasteiger partial charge in [0.1, 0.15) is 11.9 Å². The summed E-state index contributed by atoms with van der Waals surface area (Å²) in [6.45, 7) is 2.02. The zero-order chi connectivity index (χ0) is 16.9. The van der Waals surface area contributed by atoms with Crippen molar-refractivity contribution >= 4 is 11.6 Å². The Hall–Kier alpha value is -2.18. The van der Waals surface area contributed by atoms with Gasteiger partial charge in [-0.1, -0.05) is 18.2 Å². The highest BCUT2D eigenvalue weighted by atomic mass is 16.3. The van der Waals surface area contributed by atoms with Crippen LogP contribution in [0.25, 0.3) is 0 Å². The largest absolute Gasteiger partial charge is 0.385 e. The molecular weight excluding hydrogens is 304 g/mol. The molecule has 0 spiro atoms. The maximum absolute atomic E-state index is 12.1. The lowest BCUT2D eigenvalue weighted by Gasteiger charge is -2.33. The highest BCUT2D eigenvalue weighted by Gasteiger charge is 2.28. The monoisotopic (exact) mass is 328 g/mol. The summed E-state index contributed by atoms with van der Waals surface area (Å²) in [5.41, 5.74) is 0.822. The van der Waals surface area contributed by atoms with Crippen molar-refractivity contribution in [3.63, 3.8) is 0 Å². The summed E-state index contributed by atoms with van der Waals surface area (Å²) in [5.74, 6) is 0.916. The SMILES string of the molecule is Cn1ccnc1C(O)C1CCN(CC(=O)Nc2ccccc2)CC1. The Morgan fingerprint density at radius 1 is 1.33 bits per heavy atom. The number of likely N-dealkylation sites (tertiary alicyclic amines) is 1. The molecule has 1 unspecified atom stereocenters. The van der Waals surface area contributed by atoms with Crippen LogP contribution in [-0.4, -0.2) is 45.1 Å². The van der Waals surface area contributed by atoms with Gasteiger partial charge >= 0.3 is 0 Å². The fourth-order valence-electron chi connectivity index (χ4n) is 3.22. The van der Waals surface area contributed by atoms with E-state index in [0.717, 1.165) is 37.4 Å². The number of aromatic nitrogens is 2. The van der Waals surface area contributed by atoms with E-state index in [-0.39, 0.29) is 11.8 Å². The van der Waals surface area contributed by atoms with Crippen molar-refractivity contribution in [1.29, 1.82) is 0 Å². The summed E-state index contributed by atoms with van der Waals surface area (Å²) in [7, 11) is 1.90. The number of rotatable bonds is 5. The third-order valence-corrected chi connectivity index (χ3v) is 4.63. The molecule has 3 rings (SSSR count). The Balaban J connectivity index is 1.47. The smallest absolute Gasteiger partial charge is 0.238 e. The number of aryl methyl sites for hydroxylation is 1. The normalized spacial score (nSPS) is 17.6. The van der Waals surface area contributed by atoms with Crippen LogP contribution in [0.1, 0.15) is 24.8 Å². The number of piperidine rings is 1. The van der Waals surface area contributed by atoms with Crippen LogP contribution in [0.3, 0.4) is 0 Å². The third-order valence-electron chi connectivity index (χ3n) is 4.63. The van der Waals surface area contributed by atoms with E-state index in [1.807, 2.05) is 48.1 Å². The van der Waals surface area contributed by atoms with Crippen LogP contribution in [0, 0.1) is 5.92 Å². The molecule has 0 saturated carbocycles. The van der Waals surface area contributed by atoms with E-state index in [9.17, 15) is 9.90 Å². The predicted octanol–water partition coefficient (Wildman–Crippen LogP) is 1.80. The molecule has 1 aromatic heterocycles. The molecule has 2 N–H and O–H groups in total. The molecule has 0 bridgehead atoms. The Bertz CT molecular complexity index is 663. The second kappa shape index (κ2) is 7.59. The van der Waals surface area contributed by atoms with Crippen LogP contribution in [-0.2, 0) is 11.8 Å². The first-order valence-electron chi connectivity index (χ1n) is 8.36. The molecule has 2 heterocycles. The van der Waals surface area contributed by atoms with Crippen LogP contribution < -0.4 is 5.32 Å². The molecule has 0 radical (unpaired) electrons. The molecule has 0 aliphatic carbocycles. The van der Waals surface area contributed by atoms with Gasteiger partial charge in [-0.15, -0.1) is 0 Å². The lowest BCUT2D eigenvalue weighted by atomic mass is 9.90. The number of imidazole rings is 1. The highest BCUT2D eigenvalue weighted by molar-refractivity contribution is 5.92. The molecule has 128 valence electrons. The van der Waals surface area contributed by atoms with E-state index < -0.39 is 6.10 Å². The summed E-state index contributed by atoms with van der Waals surface area (Å²) in [4.78, 5) is 18.5. The number of hydrogen-bond donors (Lipinski definition) is 2. The van der Waals surface area contributed by atoms with Gasteiger partial charge in [0.15, 0.2) is 0 Å².